The monoisotopic (exact) mass is 423 g/mol. The van der Waals surface area contributed by atoms with Crippen LogP contribution in [-0.4, -0.2) is 36.6 Å². The fourth-order valence-electron chi connectivity index (χ4n) is 3.61. The molecule has 2 aliphatic rings. The zero-order chi connectivity index (χ0) is 17.8. The number of carbonyl (C=O) groups is 1. The molecule has 0 spiro atoms. The number of ether oxygens (including phenoxy) is 1. The average Bonchev–Trinajstić information content (AvgIpc) is 3.15. The predicted molar refractivity (Wildman–Crippen MR) is 115 cm³/mol. The fraction of sp³-hybridized carbons (Fsp3) is 0.381. The van der Waals surface area contributed by atoms with Gasteiger partial charge in [0.25, 0.3) is 5.91 Å². The summed E-state index contributed by atoms with van der Waals surface area (Å²) in [4.78, 5) is 14.8. The second-order valence-corrected chi connectivity index (χ2v) is 7.00. The highest BCUT2D eigenvalue weighted by Crippen LogP contribution is 2.17. The van der Waals surface area contributed by atoms with Gasteiger partial charge in [-0.3, -0.25) is 9.69 Å². The summed E-state index contributed by atoms with van der Waals surface area (Å²) in [5, 5.41) is 6.38. The van der Waals surface area contributed by atoms with Gasteiger partial charge in [0.05, 0.1) is 6.61 Å². The molecule has 4 rings (SSSR count). The van der Waals surface area contributed by atoms with E-state index in [0.717, 1.165) is 31.7 Å². The summed E-state index contributed by atoms with van der Waals surface area (Å²) in [6.07, 6.45) is -0.399. The van der Waals surface area contributed by atoms with Gasteiger partial charge in [0.15, 0.2) is 0 Å². The molecule has 7 heteroatoms. The topological polar surface area (TPSA) is 53.6 Å². The van der Waals surface area contributed by atoms with Gasteiger partial charge < -0.3 is 15.4 Å². The van der Waals surface area contributed by atoms with Gasteiger partial charge in [0, 0.05) is 39.3 Å². The molecule has 1 fully saturated rings. The van der Waals surface area contributed by atoms with Crippen LogP contribution in [0.5, 0.6) is 0 Å². The van der Waals surface area contributed by atoms with Crippen molar-refractivity contribution in [1.29, 1.82) is 0 Å². The minimum Gasteiger partial charge on any atom is -0.366 e. The van der Waals surface area contributed by atoms with Gasteiger partial charge in [-0.05, 0) is 22.3 Å². The second-order valence-electron chi connectivity index (χ2n) is 7.00. The first-order valence-corrected chi connectivity index (χ1v) is 9.25. The van der Waals surface area contributed by atoms with Crippen molar-refractivity contribution in [2.75, 3.05) is 19.7 Å². The van der Waals surface area contributed by atoms with Crippen molar-refractivity contribution in [1.82, 2.24) is 15.5 Å². The van der Waals surface area contributed by atoms with Crippen LogP contribution in [-0.2, 0) is 35.7 Å². The predicted octanol–water partition coefficient (Wildman–Crippen LogP) is 2.65. The fourth-order valence-corrected chi connectivity index (χ4v) is 3.61. The van der Waals surface area contributed by atoms with Crippen LogP contribution in [0.15, 0.2) is 48.5 Å². The van der Waals surface area contributed by atoms with Crippen LogP contribution >= 0.6 is 24.8 Å². The Kier molecular flexibility index (Phi) is 8.73. The Morgan fingerprint density at radius 1 is 1.07 bits per heavy atom. The number of hydrogen-bond donors (Lipinski definition) is 2. The highest BCUT2D eigenvalue weighted by molar-refractivity contribution is 5.85. The zero-order valence-electron chi connectivity index (χ0n) is 15.7. The maximum Gasteiger partial charge on any atom is 0.250 e. The number of hydrogen-bond acceptors (Lipinski definition) is 4. The lowest BCUT2D eigenvalue weighted by molar-refractivity contribution is -0.139. The quantitative estimate of drug-likeness (QED) is 0.775. The van der Waals surface area contributed by atoms with Crippen molar-refractivity contribution in [3.63, 3.8) is 0 Å². The SMILES string of the molecule is Cl.Cl.O=C(NCc1ccc2c(c1)CNC2)C1CN(Cc2ccccc2)CCO1. The van der Waals surface area contributed by atoms with Gasteiger partial charge in [0.1, 0.15) is 6.10 Å². The molecule has 5 nitrogen and oxygen atoms in total. The van der Waals surface area contributed by atoms with Crippen molar-refractivity contribution in [3.05, 3.63) is 70.8 Å². The molecule has 1 amide bonds. The Hall–Kier alpha value is -1.63. The summed E-state index contributed by atoms with van der Waals surface area (Å²) in [7, 11) is 0. The maximum atomic E-state index is 12.5. The van der Waals surface area contributed by atoms with E-state index in [2.05, 4.69) is 45.9 Å². The van der Waals surface area contributed by atoms with E-state index < -0.39 is 6.10 Å². The van der Waals surface area contributed by atoms with Gasteiger partial charge in [-0.2, -0.15) is 0 Å². The summed E-state index contributed by atoms with van der Waals surface area (Å²) >= 11 is 0. The molecule has 1 unspecified atom stereocenters. The van der Waals surface area contributed by atoms with Crippen LogP contribution in [0.1, 0.15) is 22.3 Å². The van der Waals surface area contributed by atoms with Gasteiger partial charge in [0.2, 0.25) is 0 Å². The van der Waals surface area contributed by atoms with E-state index in [-0.39, 0.29) is 30.7 Å². The number of morpholine rings is 1. The molecule has 2 heterocycles. The smallest absolute Gasteiger partial charge is 0.250 e. The number of rotatable bonds is 5. The summed E-state index contributed by atoms with van der Waals surface area (Å²) < 4.78 is 5.71. The first-order valence-electron chi connectivity index (χ1n) is 9.25. The number of halogens is 2. The molecule has 0 radical (unpaired) electrons. The minimum absolute atomic E-state index is 0. The van der Waals surface area contributed by atoms with Crippen molar-refractivity contribution in [2.45, 2.75) is 32.3 Å². The minimum atomic E-state index is -0.399. The van der Waals surface area contributed by atoms with Crippen LogP contribution in [0.2, 0.25) is 0 Å². The number of nitrogens with zero attached hydrogens (tertiary/aromatic N) is 1. The molecule has 0 saturated carbocycles. The van der Waals surface area contributed by atoms with Gasteiger partial charge in [-0.1, -0.05) is 48.5 Å². The molecule has 0 aliphatic carbocycles. The molecule has 2 aliphatic heterocycles. The molecular weight excluding hydrogens is 397 g/mol. The first kappa shape index (κ1) is 22.7. The number of nitrogens with one attached hydrogen (secondary N) is 2. The zero-order valence-corrected chi connectivity index (χ0v) is 17.4. The van der Waals surface area contributed by atoms with Gasteiger partial charge >= 0.3 is 0 Å². The molecule has 2 aromatic carbocycles. The lowest BCUT2D eigenvalue weighted by Gasteiger charge is -2.32. The normalized spacial score (nSPS) is 18.5. The Labute approximate surface area is 178 Å². The number of benzene rings is 2. The molecule has 1 saturated heterocycles. The van der Waals surface area contributed by atoms with E-state index in [1.54, 1.807) is 0 Å². The summed E-state index contributed by atoms with van der Waals surface area (Å²) in [5.74, 6) is -0.0265. The van der Waals surface area contributed by atoms with Gasteiger partial charge in [-0.15, -0.1) is 24.8 Å². The van der Waals surface area contributed by atoms with E-state index in [9.17, 15) is 4.79 Å². The molecule has 28 heavy (non-hydrogen) atoms. The van der Waals surface area contributed by atoms with Crippen LogP contribution in [0.25, 0.3) is 0 Å². The van der Waals surface area contributed by atoms with Crippen LogP contribution in [0.3, 0.4) is 0 Å². The van der Waals surface area contributed by atoms with E-state index >= 15 is 0 Å². The van der Waals surface area contributed by atoms with Crippen molar-refractivity contribution in [2.24, 2.45) is 0 Å². The third-order valence-electron chi connectivity index (χ3n) is 5.06. The van der Waals surface area contributed by atoms with Crippen LogP contribution in [0.4, 0.5) is 0 Å². The number of carbonyl (C=O) groups excluding carboxylic acids is 1. The van der Waals surface area contributed by atoms with Crippen molar-refractivity contribution < 1.29 is 9.53 Å². The van der Waals surface area contributed by atoms with E-state index in [1.165, 1.54) is 16.7 Å². The summed E-state index contributed by atoms with van der Waals surface area (Å²) in [5.41, 5.74) is 5.09. The van der Waals surface area contributed by atoms with Crippen LogP contribution in [0, 0.1) is 0 Å². The molecular formula is C21H27Cl2N3O2. The molecule has 2 aromatic rings. The van der Waals surface area contributed by atoms with E-state index in [4.69, 9.17) is 4.74 Å². The molecule has 1 atom stereocenters. The van der Waals surface area contributed by atoms with E-state index in [0.29, 0.717) is 19.7 Å². The third-order valence-corrected chi connectivity index (χ3v) is 5.06. The maximum absolute atomic E-state index is 12.5. The lowest BCUT2D eigenvalue weighted by Crippen LogP contribution is -2.49. The third kappa shape index (κ3) is 5.69. The Bertz CT molecular complexity index is 774. The highest BCUT2D eigenvalue weighted by atomic mass is 35.5. The largest absolute Gasteiger partial charge is 0.366 e. The molecule has 0 bridgehead atoms. The standard InChI is InChI=1S/C21H25N3O2.2ClH/c25-21(23-11-17-6-7-18-12-22-13-19(18)10-17)20-15-24(8-9-26-20)14-16-4-2-1-3-5-16;;/h1-7,10,20,22H,8-9,11-15H2,(H,23,25);2*1H. The number of fused-ring (bicyclic) bond motifs is 1. The molecule has 0 aromatic heterocycles. The summed E-state index contributed by atoms with van der Waals surface area (Å²) in [6, 6.07) is 16.8. The van der Waals surface area contributed by atoms with Crippen LogP contribution < -0.4 is 10.6 Å². The Morgan fingerprint density at radius 3 is 2.68 bits per heavy atom. The number of amides is 1. The highest BCUT2D eigenvalue weighted by Gasteiger charge is 2.26. The van der Waals surface area contributed by atoms with Gasteiger partial charge in [-0.25, -0.2) is 0 Å². The second kappa shape index (κ2) is 10.8. The molecule has 2 N–H and O–H groups in total. The Balaban J connectivity index is 0.00000140. The average molecular weight is 424 g/mol. The Morgan fingerprint density at radius 2 is 1.86 bits per heavy atom. The van der Waals surface area contributed by atoms with Crippen molar-refractivity contribution in [3.8, 4) is 0 Å². The lowest BCUT2D eigenvalue weighted by atomic mass is 10.1. The first-order chi connectivity index (χ1) is 12.8. The molecule has 152 valence electrons. The summed E-state index contributed by atoms with van der Waals surface area (Å²) in [6.45, 7) is 5.34. The van der Waals surface area contributed by atoms with E-state index in [1.807, 2.05) is 18.2 Å². The van der Waals surface area contributed by atoms with Crippen molar-refractivity contribution >= 4 is 30.7 Å².